The van der Waals surface area contributed by atoms with Crippen molar-refractivity contribution in [3.63, 3.8) is 0 Å². The van der Waals surface area contributed by atoms with Crippen LogP contribution >= 0.6 is 0 Å². The second kappa shape index (κ2) is 4.94. The zero-order valence-electron chi connectivity index (χ0n) is 9.55. The Labute approximate surface area is 87.0 Å². The van der Waals surface area contributed by atoms with Gasteiger partial charge in [0.05, 0.1) is 11.7 Å². The predicted octanol–water partition coefficient (Wildman–Crippen LogP) is 2.66. The van der Waals surface area contributed by atoms with Crippen LogP contribution < -0.4 is 0 Å². The van der Waals surface area contributed by atoms with Gasteiger partial charge in [-0.2, -0.15) is 0 Å². The van der Waals surface area contributed by atoms with E-state index in [2.05, 4.69) is 6.92 Å². The van der Waals surface area contributed by atoms with Crippen LogP contribution in [0.2, 0.25) is 0 Å². The molecule has 0 spiro atoms. The third-order valence-electron chi connectivity index (χ3n) is 2.64. The molecule has 0 radical (unpaired) electrons. The van der Waals surface area contributed by atoms with Gasteiger partial charge in [-0.1, -0.05) is 25.0 Å². The van der Waals surface area contributed by atoms with Crippen molar-refractivity contribution in [3.8, 4) is 0 Å². The average molecular weight is 198 g/mol. The minimum atomic E-state index is -0.614. The van der Waals surface area contributed by atoms with Crippen molar-refractivity contribution in [1.29, 1.82) is 0 Å². The van der Waals surface area contributed by atoms with Crippen molar-refractivity contribution >= 4 is 0 Å². The molecule has 2 heteroatoms. The SMILES string of the molecule is CCCC1CC(O)(C=C(C)C)CCO1. The number of rotatable bonds is 3. The summed E-state index contributed by atoms with van der Waals surface area (Å²) in [6.45, 7) is 6.90. The summed E-state index contributed by atoms with van der Waals surface area (Å²) < 4.78 is 5.61. The third kappa shape index (κ3) is 3.43. The first-order valence-electron chi connectivity index (χ1n) is 5.56. The summed E-state index contributed by atoms with van der Waals surface area (Å²) >= 11 is 0. The molecule has 1 heterocycles. The molecule has 0 aromatic heterocycles. The van der Waals surface area contributed by atoms with E-state index in [0.717, 1.165) is 25.7 Å². The molecule has 0 aliphatic carbocycles. The van der Waals surface area contributed by atoms with Crippen LogP contribution in [-0.2, 0) is 4.74 Å². The fraction of sp³-hybridized carbons (Fsp3) is 0.833. The van der Waals surface area contributed by atoms with Gasteiger partial charge in [-0.15, -0.1) is 0 Å². The second-order valence-electron chi connectivity index (χ2n) is 4.56. The maximum absolute atomic E-state index is 10.3. The summed E-state index contributed by atoms with van der Waals surface area (Å²) in [5.74, 6) is 0. The van der Waals surface area contributed by atoms with E-state index in [1.54, 1.807) is 0 Å². The molecule has 1 fully saturated rings. The van der Waals surface area contributed by atoms with Crippen LogP contribution in [0.15, 0.2) is 11.6 Å². The van der Waals surface area contributed by atoms with E-state index in [-0.39, 0.29) is 6.10 Å². The molecule has 1 aliphatic rings. The summed E-state index contributed by atoms with van der Waals surface area (Å²) in [7, 11) is 0. The summed E-state index contributed by atoms with van der Waals surface area (Å²) in [5.41, 5.74) is 0.571. The molecule has 1 saturated heterocycles. The van der Waals surface area contributed by atoms with E-state index in [1.807, 2.05) is 19.9 Å². The van der Waals surface area contributed by atoms with Gasteiger partial charge in [0.1, 0.15) is 0 Å². The largest absolute Gasteiger partial charge is 0.386 e. The standard InChI is InChI=1S/C12H22O2/c1-4-5-11-9-12(13,6-7-14-11)8-10(2)3/h8,11,13H,4-7,9H2,1-3H3. The summed E-state index contributed by atoms with van der Waals surface area (Å²) in [6.07, 6.45) is 5.89. The lowest BCUT2D eigenvalue weighted by Gasteiger charge is -2.35. The Kier molecular flexibility index (Phi) is 4.14. The number of hydrogen-bond acceptors (Lipinski definition) is 2. The van der Waals surface area contributed by atoms with Crippen molar-refractivity contribution in [2.75, 3.05) is 6.61 Å². The van der Waals surface area contributed by atoms with Crippen molar-refractivity contribution < 1.29 is 9.84 Å². The van der Waals surface area contributed by atoms with Crippen LogP contribution in [0.5, 0.6) is 0 Å². The summed E-state index contributed by atoms with van der Waals surface area (Å²) in [5, 5.41) is 10.3. The molecule has 2 atom stereocenters. The van der Waals surface area contributed by atoms with Gasteiger partial charge >= 0.3 is 0 Å². The average Bonchev–Trinajstić information content (AvgIpc) is 2.01. The fourth-order valence-electron chi connectivity index (χ4n) is 2.13. The fourth-order valence-corrected chi connectivity index (χ4v) is 2.13. The van der Waals surface area contributed by atoms with Crippen LogP contribution in [0.4, 0.5) is 0 Å². The summed E-state index contributed by atoms with van der Waals surface area (Å²) in [4.78, 5) is 0. The van der Waals surface area contributed by atoms with E-state index in [9.17, 15) is 5.11 Å². The normalized spacial score (nSPS) is 32.7. The molecule has 0 amide bonds. The minimum absolute atomic E-state index is 0.245. The third-order valence-corrected chi connectivity index (χ3v) is 2.64. The topological polar surface area (TPSA) is 29.5 Å². The van der Waals surface area contributed by atoms with Gasteiger partial charge in [-0.25, -0.2) is 0 Å². The monoisotopic (exact) mass is 198 g/mol. The number of aliphatic hydroxyl groups is 1. The highest BCUT2D eigenvalue weighted by atomic mass is 16.5. The van der Waals surface area contributed by atoms with Gasteiger partial charge in [-0.3, -0.25) is 0 Å². The molecular formula is C12H22O2. The first-order valence-corrected chi connectivity index (χ1v) is 5.56. The lowest BCUT2D eigenvalue weighted by atomic mass is 9.87. The minimum Gasteiger partial charge on any atom is -0.386 e. The van der Waals surface area contributed by atoms with Gasteiger partial charge in [0.25, 0.3) is 0 Å². The molecule has 1 N–H and O–H groups in total. The van der Waals surface area contributed by atoms with E-state index in [1.165, 1.54) is 5.57 Å². The second-order valence-corrected chi connectivity index (χ2v) is 4.56. The van der Waals surface area contributed by atoms with Gasteiger partial charge in [0.2, 0.25) is 0 Å². The smallest absolute Gasteiger partial charge is 0.0876 e. The highest BCUT2D eigenvalue weighted by molar-refractivity contribution is 5.08. The Bertz CT molecular complexity index is 204. The van der Waals surface area contributed by atoms with Crippen LogP contribution in [0.3, 0.4) is 0 Å². The van der Waals surface area contributed by atoms with Crippen molar-refractivity contribution in [2.45, 2.75) is 58.2 Å². The molecule has 1 rings (SSSR count). The molecule has 0 saturated carbocycles. The zero-order valence-corrected chi connectivity index (χ0v) is 9.55. The molecule has 2 unspecified atom stereocenters. The molecule has 0 bridgehead atoms. The summed E-state index contributed by atoms with van der Waals surface area (Å²) in [6, 6.07) is 0. The quantitative estimate of drug-likeness (QED) is 0.706. The number of hydrogen-bond donors (Lipinski definition) is 1. The first kappa shape index (κ1) is 11.7. The Morgan fingerprint density at radius 3 is 2.86 bits per heavy atom. The highest BCUT2D eigenvalue weighted by Gasteiger charge is 2.32. The van der Waals surface area contributed by atoms with Crippen molar-refractivity contribution in [3.05, 3.63) is 11.6 Å². The van der Waals surface area contributed by atoms with E-state index in [0.29, 0.717) is 6.61 Å². The Morgan fingerprint density at radius 1 is 1.57 bits per heavy atom. The molecular weight excluding hydrogens is 176 g/mol. The first-order chi connectivity index (χ1) is 6.56. The highest BCUT2D eigenvalue weighted by Crippen LogP contribution is 2.29. The zero-order chi connectivity index (χ0) is 10.6. The lowest BCUT2D eigenvalue weighted by Crippen LogP contribution is -2.39. The maximum Gasteiger partial charge on any atom is 0.0876 e. The molecule has 82 valence electrons. The van der Waals surface area contributed by atoms with E-state index >= 15 is 0 Å². The van der Waals surface area contributed by atoms with E-state index in [4.69, 9.17) is 4.74 Å². The Balaban J connectivity index is 2.57. The Morgan fingerprint density at radius 2 is 2.29 bits per heavy atom. The van der Waals surface area contributed by atoms with E-state index < -0.39 is 5.60 Å². The van der Waals surface area contributed by atoms with Gasteiger partial charge in [0.15, 0.2) is 0 Å². The number of ether oxygens (including phenoxy) is 1. The molecule has 0 aromatic rings. The van der Waals surface area contributed by atoms with Crippen molar-refractivity contribution in [2.24, 2.45) is 0 Å². The van der Waals surface area contributed by atoms with Crippen LogP contribution in [-0.4, -0.2) is 23.4 Å². The molecule has 0 aromatic carbocycles. The van der Waals surface area contributed by atoms with Crippen LogP contribution in [0.25, 0.3) is 0 Å². The van der Waals surface area contributed by atoms with Crippen LogP contribution in [0, 0.1) is 0 Å². The molecule has 2 nitrogen and oxygen atoms in total. The predicted molar refractivity (Wildman–Crippen MR) is 58.3 cm³/mol. The molecule has 14 heavy (non-hydrogen) atoms. The maximum atomic E-state index is 10.3. The van der Waals surface area contributed by atoms with Gasteiger partial charge < -0.3 is 9.84 Å². The Hall–Kier alpha value is -0.340. The van der Waals surface area contributed by atoms with Gasteiger partial charge in [0, 0.05) is 19.4 Å². The van der Waals surface area contributed by atoms with Crippen molar-refractivity contribution in [1.82, 2.24) is 0 Å². The van der Waals surface area contributed by atoms with Gasteiger partial charge in [-0.05, 0) is 20.3 Å². The number of allylic oxidation sites excluding steroid dienone is 1. The van der Waals surface area contributed by atoms with Crippen LogP contribution in [0.1, 0.15) is 46.5 Å². The molecule has 1 aliphatic heterocycles. The lowest BCUT2D eigenvalue weighted by molar-refractivity contribution is -0.0814.